The minimum absolute atomic E-state index is 0.0581. The van der Waals surface area contributed by atoms with Crippen molar-refractivity contribution in [3.63, 3.8) is 0 Å². The average molecular weight is 527 g/mol. The Kier molecular flexibility index (Phi) is 7.38. The molecule has 190 valence electrons. The largest absolute Gasteiger partial charge is 0.479 e. The highest BCUT2D eigenvalue weighted by atomic mass is 35.5. The van der Waals surface area contributed by atoms with Crippen molar-refractivity contribution >= 4 is 40.2 Å². The van der Waals surface area contributed by atoms with Crippen molar-refractivity contribution in [3.8, 4) is 0 Å². The molecular formula is C29H32Cl2N2O3. The van der Waals surface area contributed by atoms with Crippen LogP contribution in [0.15, 0.2) is 47.5 Å². The molecule has 0 radical (unpaired) electrons. The number of hydrogen-bond donors (Lipinski definition) is 1. The molecule has 0 saturated carbocycles. The third kappa shape index (κ3) is 5.24. The Morgan fingerprint density at radius 3 is 2.56 bits per heavy atom. The van der Waals surface area contributed by atoms with Crippen molar-refractivity contribution in [1.29, 1.82) is 0 Å². The van der Waals surface area contributed by atoms with Gasteiger partial charge in [0.25, 0.3) is 0 Å². The average Bonchev–Trinajstić information content (AvgIpc) is 3.01. The number of carbonyl (C=O) groups is 1. The lowest BCUT2D eigenvalue weighted by Gasteiger charge is -2.29. The first-order chi connectivity index (χ1) is 16.9. The Balaban J connectivity index is 2.02. The van der Waals surface area contributed by atoms with Gasteiger partial charge in [-0.05, 0) is 82.9 Å². The number of ether oxygens (including phenoxy) is 1. The van der Waals surface area contributed by atoms with Gasteiger partial charge in [0.2, 0.25) is 0 Å². The van der Waals surface area contributed by atoms with Crippen LogP contribution in [0.25, 0.3) is 11.0 Å². The maximum atomic E-state index is 12.6. The summed E-state index contributed by atoms with van der Waals surface area (Å²) < 4.78 is 8.31. The van der Waals surface area contributed by atoms with Crippen LogP contribution in [0.2, 0.25) is 5.02 Å². The Morgan fingerprint density at radius 2 is 1.97 bits per heavy atom. The highest BCUT2D eigenvalue weighted by molar-refractivity contribution is 6.31. The van der Waals surface area contributed by atoms with Gasteiger partial charge in [0.1, 0.15) is 5.65 Å². The first kappa shape index (κ1) is 26.5. The number of halogens is 2. The summed E-state index contributed by atoms with van der Waals surface area (Å²) in [6.45, 7) is 12.2. The van der Waals surface area contributed by atoms with E-state index in [9.17, 15) is 9.90 Å². The number of pyridine rings is 1. The van der Waals surface area contributed by atoms with Gasteiger partial charge in [-0.15, -0.1) is 0 Å². The number of aliphatic carboxylic acids is 1. The summed E-state index contributed by atoms with van der Waals surface area (Å²) in [5.41, 5.74) is 5.60. The lowest BCUT2D eigenvalue weighted by atomic mass is 9.84. The van der Waals surface area contributed by atoms with Crippen LogP contribution in [0.1, 0.15) is 72.9 Å². The Morgan fingerprint density at radius 1 is 1.25 bits per heavy atom. The van der Waals surface area contributed by atoms with E-state index in [0.29, 0.717) is 34.3 Å². The fourth-order valence-electron chi connectivity index (χ4n) is 4.95. The van der Waals surface area contributed by atoms with E-state index < -0.39 is 17.7 Å². The van der Waals surface area contributed by atoms with Crippen molar-refractivity contribution in [1.82, 2.24) is 9.55 Å². The van der Waals surface area contributed by atoms with Crippen LogP contribution in [0, 0.1) is 20.8 Å². The number of rotatable bonds is 6. The molecule has 2 atom stereocenters. The molecule has 36 heavy (non-hydrogen) atoms. The summed E-state index contributed by atoms with van der Waals surface area (Å²) in [7, 11) is 0. The molecule has 5 nitrogen and oxygen atoms in total. The topological polar surface area (TPSA) is 64.4 Å². The second kappa shape index (κ2) is 10.0. The van der Waals surface area contributed by atoms with Gasteiger partial charge >= 0.3 is 5.97 Å². The molecule has 0 fully saturated rings. The standard InChI is InChI=1S/C29H32Cl2N2O3/c1-16-18(3)33(15-19-8-7-9-22(31)14-19)27-23(16)25(20-10-12-21(30)13-11-20)24(17(2)32-27)26(28(34)35)36-29(4,5)6/h7-10,12-14,20,26H,11,15H2,1-6H3,(H,34,35). The molecule has 2 aromatic heterocycles. The second-order valence-corrected chi connectivity index (χ2v) is 11.3. The molecule has 0 amide bonds. The minimum atomic E-state index is -1.15. The zero-order valence-electron chi connectivity index (χ0n) is 21.5. The highest BCUT2D eigenvalue weighted by Crippen LogP contribution is 2.43. The van der Waals surface area contributed by atoms with Crippen LogP contribution in [0.5, 0.6) is 0 Å². The third-order valence-corrected chi connectivity index (χ3v) is 7.15. The number of nitrogens with zero attached hydrogens (tertiary/aromatic N) is 2. The monoisotopic (exact) mass is 526 g/mol. The molecule has 2 unspecified atom stereocenters. The van der Waals surface area contributed by atoms with Crippen LogP contribution in [-0.2, 0) is 16.1 Å². The number of carboxylic acids is 1. The number of aromatic nitrogens is 2. The molecule has 3 aromatic rings. The first-order valence-electron chi connectivity index (χ1n) is 12.1. The van der Waals surface area contributed by atoms with Crippen molar-refractivity contribution < 1.29 is 14.6 Å². The third-order valence-electron chi connectivity index (χ3n) is 6.64. The van der Waals surface area contributed by atoms with E-state index >= 15 is 0 Å². The maximum Gasteiger partial charge on any atom is 0.337 e. The predicted octanol–water partition coefficient (Wildman–Crippen LogP) is 7.77. The quantitative estimate of drug-likeness (QED) is 0.356. The first-order valence-corrected chi connectivity index (χ1v) is 12.8. The highest BCUT2D eigenvalue weighted by Gasteiger charge is 2.35. The fraction of sp³-hybridized carbons (Fsp3) is 0.379. The molecule has 1 N–H and O–H groups in total. The zero-order valence-corrected chi connectivity index (χ0v) is 23.0. The Labute approximate surface area is 222 Å². The second-order valence-electron chi connectivity index (χ2n) is 10.4. The zero-order chi connectivity index (χ0) is 26.4. The number of aryl methyl sites for hydroxylation is 2. The van der Waals surface area contributed by atoms with E-state index in [1.54, 1.807) is 0 Å². The molecule has 4 rings (SSSR count). The van der Waals surface area contributed by atoms with Gasteiger partial charge in [-0.1, -0.05) is 47.5 Å². The lowest BCUT2D eigenvalue weighted by Crippen LogP contribution is -2.29. The summed E-state index contributed by atoms with van der Waals surface area (Å²) in [5.74, 6) is -1.09. The minimum Gasteiger partial charge on any atom is -0.479 e. The van der Waals surface area contributed by atoms with E-state index in [0.717, 1.165) is 33.4 Å². The molecule has 2 heterocycles. The molecule has 1 aliphatic rings. The van der Waals surface area contributed by atoms with E-state index in [-0.39, 0.29) is 5.92 Å². The van der Waals surface area contributed by atoms with Crippen LogP contribution in [0.4, 0.5) is 0 Å². The van der Waals surface area contributed by atoms with Gasteiger partial charge in [-0.25, -0.2) is 9.78 Å². The van der Waals surface area contributed by atoms with Crippen LogP contribution in [0.3, 0.4) is 0 Å². The summed E-state index contributed by atoms with van der Waals surface area (Å²) >= 11 is 12.5. The van der Waals surface area contributed by atoms with Gasteiger partial charge in [0, 0.05) is 44.9 Å². The summed E-state index contributed by atoms with van der Waals surface area (Å²) in [5, 5.41) is 12.6. The van der Waals surface area contributed by atoms with Gasteiger partial charge in [0.15, 0.2) is 6.10 Å². The molecule has 1 aliphatic carbocycles. The van der Waals surface area contributed by atoms with E-state index in [1.165, 1.54) is 0 Å². The van der Waals surface area contributed by atoms with E-state index in [1.807, 2.05) is 64.1 Å². The van der Waals surface area contributed by atoms with E-state index in [2.05, 4.69) is 24.5 Å². The molecule has 7 heteroatoms. The summed E-state index contributed by atoms with van der Waals surface area (Å²) in [6.07, 6.45) is 5.43. The SMILES string of the molecule is Cc1nc2c(c(C)c(C)n2Cc2cccc(Cl)c2)c(C2C=CC(Cl)=CC2)c1C(OC(C)(C)C)C(=O)O. The molecule has 0 spiro atoms. The normalized spacial score (nSPS) is 16.9. The van der Waals surface area contributed by atoms with Gasteiger partial charge in [0.05, 0.1) is 5.60 Å². The number of hydrogen-bond acceptors (Lipinski definition) is 3. The molecule has 1 aromatic carbocycles. The summed E-state index contributed by atoms with van der Waals surface area (Å²) in [6, 6.07) is 7.80. The van der Waals surface area contributed by atoms with Crippen LogP contribution >= 0.6 is 23.2 Å². The smallest absolute Gasteiger partial charge is 0.337 e. The Hall–Kier alpha value is -2.60. The van der Waals surface area contributed by atoms with Crippen molar-refractivity contribution in [3.05, 3.63) is 86.2 Å². The van der Waals surface area contributed by atoms with Gasteiger partial charge in [-0.3, -0.25) is 0 Å². The van der Waals surface area contributed by atoms with Crippen LogP contribution in [-0.4, -0.2) is 26.2 Å². The summed E-state index contributed by atoms with van der Waals surface area (Å²) in [4.78, 5) is 17.6. The van der Waals surface area contributed by atoms with Crippen molar-refractivity contribution in [2.45, 2.75) is 72.1 Å². The van der Waals surface area contributed by atoms with Crippen LogP contribution < -0.4 is 0 Å². The van der Waals surface area contributed by atoms with Gasteiger partial charge < -0.3 is 14.4 Å². The number of allylic oxidation sites excluding steroid dienone is 4. The lowest BCUT2D eigenvalue weighted by molar-refractivity contribution is -0.160. The molecule has 0 aliphatic heterocycles. The number of carboxylic acid groups (broad SMARTS) is 1. The predicted molar refractivity (Wildman–Crippen MR) is 146 cm³/mol. The maximum absolute atomic E-state index is 12.6. The molecule has 0 saturated heterocycles. The van der Waals surface area contributed by atoms with Crippen molar-refractivity contribution in [2.24, 2.45) is 0 Å². The fourth-order valence-corrected chi connectivity index (χ4v) is 5.33. The molecular weight excluding hydrogens is 495 g/mol. The van der Waals surface area contributed by atoms with Crippen molar-refractivity contribution in [2.75, 3.05) is 0 Å². The number of fused-ring (bicyclic) bond motifs is 1. The van der Waals surface area contributed by atoms with E-state index in [4.69, 9.17) is 32.9 Å². The van der Waals surface area contributed by atoms with Gasteiger partial charge in [-0.2, -0.15) is 0 Å². The Bertz CT molecular complexity index is 1400. The number of benzene rings is 1. The molecule has 0 bridgehead atoms.